The summed E-state index contributed by atoms with van der Waals surface area (Å²) < 4.78 is 17.8. The lowest BCUT2D eigenvalue weighted by Gasteiger charge is -2.44. The van der Waals surface area contributed by atoms with Gasteiger partial charge in [0.1, 0.15) is 11.4 Å². The van der Waals surface area contributed by atoms with Crippen LogP contribution in [0.1, 0.15) is 83.1 Å². The molecular weight excluding hydrogens is 412 g/mol. The van der Waals surface area contributed by atoms with E-state index in [1.807, 2.05) is 24.3 Å². The molecule has 1 fully saturated rings. The third-order valence-corrected chi connectivity index (χ3v) is 7.36. The van der Waals surface area contributed by atoms with Crippen molar-refractivity contribution in [3.8, 4) is 0 Å². The lowest BCUT2D eigenvalue weighted by Crippen LogP contribution is -2.43. The zero-order chi connectivity index (χ0) is 23.5. The number of rotatable bonds is 13. The SMILES string of the molecule is C=C[C@H]1C[C@@]2(CCC[C@@H]2CCCCCC)OC(CCCOCc2ccccc2)=C1C(=O)OC. The molecule has 0 bridgehead atoms. The maximum Gasteiger partial charge on any atom is 0.337 e. The summed E-state index contributed by atoms with van der Waals surface area (Å²) in [5, 5.41) is 0. The number of hydrogen-bond acceptors (Lipinski definition) is 4. The average Bonchev–Trinajstić information content (AvgIpc) is 3.22. The predicted molar refractivity (Wildman–Crippen MR) is 133 cm³/mol. The third kappa shape index (κ3) is 6.72. The molecule has 4 heteroatoms. The molecule has 1 heterocycles. The van der Waals surface area contributed by atoms with Crippen LogP contribution in [0, 0.1) is 11.8 Å². The van der Waals surface area contributed by atoms with E-state index in [1.54, 1.807) is 0 Å². The summed E-state index contributed by atoms with van der Waals surface area (Å²) in [5.41, 5.74) is 1.67. The number of benzene rings is 1. The maximum atomic E-state index is 12.7. The van der Waals surface area contributed by atoms with Crippen LogP contribution in [0.4, 0.5) is 0 Å². The first kappa shape index (κ1) is 25.6. The van der Waals surface area contributed by atoms with Crippen molar-refractivity contribution in [3.63, 3.8) is 0 Å². The largest absolute Gasteiger partial charge is 0.491 e. The fraction of sp³-hybridized carbons (Fsp3) is 0.621. The molecule has 0 aromatic heterocycles. The molecule has 1 aliphatic carbocycles. The van der Waals surface area contributed by atoms with Gasteiger partial charge in [-0.1, -0.05) is 69.0 Å². The van der Waals surface area contributed by atoms with Crippen LogP contribution in [0.25, 0.3) is 0 Å². The summed E-state index contributed by atoms with van der Waals surface area (Å²) in [4.78, 5) is 12.7. The van der Waals surface area contributed by atoms with Crippen molar-refractivity contribution in [3.05, 3.63) is 59.9 Å². The molecule has 0 unspecified atom stereocenters. The van der Waals surface area contributed by atoms with Crippen molar-refractivity contribution in [2.24, 2.45) is 11.8 Å². The third-order valence-electron chi connectivity index (χ3n) is 7.36. The number of esters is 1. The Morgan fingerprint density at radius 1 is 1.21 bits per heavy atom. The first-order valence-corrected chi connectivity index (χ1v) is 12.9. The van der Waals surface area contributed by atoms with Crippen molar-refractivity contribution >= 4 is 5.97 Å². The van der Waals surface area contributed by atoms with Crippen LogP contribution in [-0.2, 0) is 25.6 Å². The molecule has 1 aromatic rings. The first-order chi connectivity index (χ1) is 16.1. The summed E-state index contributed by atoms with van der Waals surface area (Å²) >= 11 is 0. The van der Waals surface area contributed by atoms with Gasteiger partial charge in [0.25, 0.3) is 0 Å². The Hall–Kier alpha value is -2.07. The molecule has 3 atom stereocenters. The van der Waals surface area contributed by atoms with E-state index in [0.717, 1.165) is 25.0 Å². The van der Waals surface area contributed by atoms with E-state index in [0.29, 0.717) is 31.1 Å². The van der Waals surface area contributed by atoms with Gasteiger partial charge in [-0.3, -0.25) is 0 Å². The highest BCUT2D eigenvalue weighted by molar-refractivity contribution is 5.90. The Morgan fingerprint density at radius 2 is 2.03 bits per heavy atom. The Balaban J connectivity index is 1.67. The van der Waals surface area contributed by atoms with Crippen LogP contribution in [0.5, 0.6) is 0 Å². The van der Waals surface area contributed by atoms with Crippen molar-refractivity contribution < 1.29 is 19.0 Å². The number of hydrogen-bond donors (Lipinski definition) is 0. The molecule has 2 aliphatic rings. The van der Waals surface area contributed by atoms with E-state index in [9.17, 15) is 4.79 Å². The minimum absolute atomic E-state index is 0.0114. The van der Waals surface area contributed by atoms with Crippen molar-refractivity contribution in [2.75, 3.05) is 13.7 Å². The van der Waals surface area contributed by atoms with E-state index in [1.165, 1.54) is 57.6 Å². The number of carbonyl (C=O) groups is 1. The van der Waals surface area contributed by atoms with Gasteiger partial charge >= 0.3 is 5.97 Å². The van der Waals surface area contributed by atoms with E-state index in [-0.39, 0.29) is 17.5 Å². The molecule has 4 nitrogen and oxygen atoms in total. The minimum atomic E-state index is -0.285. The smallest absolute Gasteiger partial charge is 0.337 e. The van der Waals surface area contributed by atoms with Gasteiger partial charge in [-0.15, -0.1) is 6.58 Å². The highest BCUT2D eigenvalue weighted by Gasteiger charge is 2.50. The van der Waals surface area contributed by atoms with Gasteiger partial charge in [-0.2, -0.15) is 0 Å². The molecule has 1 spiro atoms. The van der Waals surface area contributed by atoms with Crippen LogP contribution in [0.15, 0.2) is 54.3 Å². The van der Waals surface area contributed by atoms with Gasteiger partial charge < -0.3 is 14.2 Å². The zero-order valence-electron chi connectivity index (χ0n) is 20.7. The molecular formula is C29H42O4. The molecule has 1 aliphatic heterocycles. The number of ether oxygens (including phenoxy) is 3. The molecule has 0 saturated heterocycles. The van der Waals surface area contributed by atoms with E-state index in [2.05, 4.69) is 25.6 Å². The molecule has 182 valence electrons. The fourth-order valence-electron chi connectivity index (χ4n) is 5.63. The summed E-state index contributed by atoms with van der Waals surface area (Å²) in [7, 11) is 1.45. The fourth-order valence-corrected chi connectivity index (χ4v) is 5.63. The van der Waals surface area contributed by atoms with Crippen LogP contribution < -0.4 is 0 Å². The molecule has 0 N–H and O–H groups in total. The van der Waals surface area contributed by atoms with Gasteiger partial charge in [0.2, 0.25) is 0 Å². The van der Waals surface area contributed by atoms with Crippen molar-refractivity contribution in [2.45, 2.75) is 89.8 Å². The second kappa shape index (κ2) is 13.0. The van der Waals surface area contributed by atoms with Gasteiger partial charge in [0.15, 0.2) is 0 Å². The van der Waals surface area contributed by atoms with Crippen LogP contribution in [0.3, 0.4) is 0 Å². The summed E-state index contributed by atoms with van der Waals surface area (Å²) in [6.07, 6.45) is 14.1. The lowest BCUT2D eigenvalue weighted by molar-refractivity contribution is -0.139. The molecule has 3 rings (SSSR count). The standard InChI is InChI=1S/C29H42O4/c1-4-6-7-11-16-25-17-12-19-29(25)21-24(5-2)27(28(30)31-3)26(33-29)18-13-20-32-22-23-14-9-8-10-15-23/h5,8-10,14-15,24-25H,2,4,6-7,11-13,16-22H2,1,3H3/t24-,25-,29+/m0/s1. The topological polar surface area (TPSA) is 44.8 Å². The average molecular weight is 455 g/mol. The second-order valence-corrected chi connectivity index (χ2v) is 9.62. The van der Waals surface area contributed by atoms with Crippen LogP contribution in [0.2, 0.25) is 0 Å². The lowest BCUT2D eigenvalue weighted by atomic mass is 9.75. The quantitative estimate of drug-likeness (QED) is 0.180. The first-order valence-electron chi connectivity index (χ1n) is 12.9. The predicted octanol–water partition coefficient (Wildman–Crippen LogP) is 7.14. The minimum Gasteiger partial charge on any atom is -0.491 e. The zero-order valence-corrected chi connectivity index (χ0v) is 20.7. The van der Waals surface area contributed by atoms with E-state index in [4.69, 9.17) is 14.2 Å². The molecule has 0 amide bonds. The normalized spacial score (nSPS) is 24.7. The molecule has 1 saturated carbocycles. The number of carbonyl (C=O) groups excluding carboxylic acids is 1. The number of allylic oxidation sites excluding steroid dienone is 2. The van der Waals surface area contributed by atoms with Gasteiger partial charge in [0.05, 0.1) is 19.3 Å². The highest BCUT2D eigenvalue weighted by atomic mass is 16.5. The number of unbranched alkanes of at least 4 members (excludes halogenated alkanes) is 3. The van der Waals surface area contributed by atoms with Crippen LogP contribution >= 0.6 is 0 Å². The maximum absolute atomic E-state index is 12.7. The Labute approximate surface area is 200 Å². The Bertz CT molecular complexity index is 784. The summed E-state index contributed by atoms with van der Waals surface area (Å²) in [6.45, 7) is 7.56. The summed E-state index contributed by atoms with van der Waals surface area (Å²) in [5.74, 6) is 1.07. The van der Waals surface area contributed by atoms with E-state index < -0.39 is 0 Å². The number of methoxy groups -OCH3 is 1. The van der Waals surface area contributed by atoms with Gasteiger partial charge in [0, 0.05) is 18.9 Å². The Kier molecular flexibility index (Phi) is 10.1. The highest BCUT2D eigenvalue weighted by Crippen LogP contribution is 2.51. The van der Waals surface area contributed by atoms with E-state index >= 15 is 0 Å². The van der Waals surface area contributed by atoms with Gasteiger partial charge in [-0.05, 0) is 50.0 Å². The molecule has 33 heavy (non-hydrogen) atoms. The second-order valence-electron chi connectivity index (χ2n) is 9.62. The van der Waals surface area contributed by atoms with Crippen molar-refractivity contribution in [1.29, 1.82) is 0 Å². The van der Waals surface area contributed by atoms with Crippen LogP contribution in [-0.4, -0.2) is 25.3 Å². The Morgan fingerprint density at radius 3 is 2.76 bits per heavy atom. The summed E-state index contributed by atoms with van der Waals surface area (Å²) in [6, 6.07) is 10.2. The molecule has 1 aromatic carbocycles. The molecule has 0 radical (unpaired) electrons. The monoisotopic (exact) mass is 454 g/mol. The van der Waals surface area contributed by atoms with Crippen molar-refractivity contribution in [1.82, 2.24) is 0 Å². The van der Waals surface area contributed by atoms with Gasteiger partial charge in [-0.25, -0.2) is 4.79 Å².